The average molecular weight is 383 g/mol. The molecule has 148 valence electrons. The Balaban J connectivity index is 1.40. The van der Waals surface area contributed by atoms with Gasteiger partial charge in [-0.25, -0.2) is 4.39 Å². The summed E-state index contributed by atoms with van der Waals surface area (Å²) in [5.74, 6) is -0.884. The van der Waals surface area contributed by atoms with Crippen molar-refractivity contribution in [2.24, 2.45) is 0 Å². The number of hydrogen-bond donors (Lipinski definition) is 2. The van der Waals surface area contributed by atoms with Gasteiger partial charge < -0.3 is 15.5 Å². The molecule has 0 bridgehead atoms. The standard InChI is InChI=1S/C22H26FN3O2/c23-20-7-3-2-6-17(20)8-13-21(27)24-16-22(28)25-18-9-11-19(12-10-18)26-14-4-1-5-15-26/h2-3,6-7,9-12H,1,4-5,8,13-16H2,(H,24,27)(H,25,28). The maximum atomic E-state index is 13.5. The van der Waals surface area contributed by atoms with Crippen LogP contribution in [0.3, 0.4) is 0 Å². The maximum Gasteiger partial charge on any atom is 0.243 e. The minimum Gasteiger partial charge on any atom is -0.372 e. The second-order valence-corrected chi connectivity index (χ2v) is 7.01. The first-order valence-electron chi connectivity index (χ1n) is 9.77. The monoisotopic (exact) mass is 383 g/mol. The number of halogens is 1. The summed E-state index contributed by atoms with van der Waals surface area (Å²) in [4.78, 5) is 26.3. The number of carbonyl (C=O) groups is 2. The second kappa shape index (κ2) is 9.88. The Morgan fingerprint density at radius 2 is 1.64 bits per heavy atom. The van der Waals surface area contributed by atoms with Gasteiger partial charge in [-0.05, 0) is 61.6 Å². The van der Waals surface area contributed by atoms with Crippen molar-refractivity contribution < 1.29 is 14.0 Å². The molecule has 0 radical (unpaired) electrons. The lowest BCUT2D eigenvalue weighted by Gasteiger charge is -2.28. The molecule has 2 amide bonds. The molecule has 0 saturated carbocycles. The molecule has 1 saturated heterocycles. The predicted molar refractivity (Wildman–Crippen MR) is 109 cm³/mol. The van der Waals surface area contributed by atoms with Crippen LogP contribution in [0.4, 0.5) is 15.8 Å². The third-order valence-electron chi connectivity index (χ3n) is 4.90. The fourth-order valence-corrected chi connectivity index (χ4v) is 3.33. The Kier molecular flexibility index (Phi) is 7.00. The number of piperidine rings is 1. The van der Waals surface area contributed by atoms with Gasteiger partial charge in [-0.1, -0.05) is 18.2 Å². The Labute approximate surface area is 164 Å². The van der Waals surface area contributed by atoms with Gasteiger partial charge in [0.25, 0.3) is 0 Å². The fraction of sp³-hybridized carbons (Fsp3) is 0.364. The van der Waals surface area contributed by atoms with Crippen molar-refractivity contribution in [1.29, 1.82) is 0 Å². The van der Waals surface area contributed by atoms with Crippen molar-refractivity contribution in [3.05, 3.63) is 59.9 Å². The van der Waals surface area contributed by atoms with E-state index in [1.807, 2.05) is 24.3 Å². The first-order valence-corrected chi connectivity index (χ1v) is 9.77. The average Bonchev–Trinajstić information content (AvgIpc) is 2.73. The molecule has 28 heavy (non-hydrogen) atoms. The van der Waals surface area contributed by atoms with Crippen LogP contribution >= 0.6 is 0 Å². The molecule has 1 heterocycles. The summed E-state index contributed by atoms with van der Waals surface area (Å²) < 4.78 is 13.5. The molecular formula is C22H26FN3O2. The highest BCUT2D eigenvalue weighted by Gasteiger charge is 2.11. The molecule has 0 spiro atoms. The van der Waals surface area contributed by atoms with E-state index in [4.69, 9.17) is 0 Å². The van der Waals surface area contributed by atoms with Crippen molar-refractivity contribution in [2.45, 2.75) is 32.1 Å². The van der Waals surface area contributed by atoms with Crippen molar-refractivity contribution in [3.63, 3.8) is 0 Å². The molecule has 5 nitrogen and oxygen atoms in total. The van der Waals surface area contributed by atoms with Gasteiger partial charge in [0, 0.05) is 30.9 Å². The first-order chi connectivity index (χ1) is 13.6. The number of carbonyl (C=O) groups excluding carboxylic acids is 2. The summed E-state index contributed by atoms with van der Waals surface area (Å²) in [5, 5.41) is 5.35. The number of benzene rings is 2. The van der Waals surface area contributed by atoms with Gasteiger partial charge >= 0.3 is 0 Å². The van der Waals surface area contributed by atoms with Crippen LogP contribution in [0.15, 0.2) is 48.5 Å². The molecule has 2 aromatic carbocycles. The second-order valence-electron chi connectivity index (χ2n) is 7.01. The van der Waals surface area contributed by atoms with Crippen LogP contribution in [0, 0.1) is 5.82 Å². The number of nitrogens with one attached hydrogen (secondary N) is 2. The van der Waals surface area contributed by atoms with Gasteiger partial charge in [0.15, 0.2) is 0 Å². The zero-order valence-electron chi connectivity index (χ0n) is 15.9. The van der Waals surface area contributed by atoms with Crippen molar-refractivity contribution in [3.8, 4) is 0 Å². The zero-order valence-corrected chi connectivity index (χ0v) is 15.9. The van der Waals surface area contributed by atoms with Crippen LogP contribution in [0.25, 0.3) is 0 Å². The molecule has 6 heteroatoms. The largest absolute Gasteiger partial charge is 0.372 e. The Hall–Kier alpha value is -2.89. The number of nitrogens with zero attached hydrogens (tertiary/aromatic N) is 1. The summed E-state index contributed by atoms with van der Waals surface area (Å²) in [7, 11) is 0. The van der Waals surface area contributed by atoms with Crippen molar-refractivity contribution >= 4 is 23.2 Å². The molecule has 2 aromatic rings. The minimum absolute atomic E-state index is 0.107. The van der Waals surface area contributed by atoms with E-state index in [0.717, 1.165) is 13.1 Å². The van der Waals surface area contributed by atoms with E-state index < -0.39 is 0 Å². The summed E-state index contributed by atoms with van der Waals surface area (Å²) in [6.45, 7) is 2.04. The number of anilines is 2. The van der Waals surface area contributed by atoms with E-state index in [-0.39, 0.29) is 30.6 Å². The van der Waals surface area contributed by atoms with Crippen LogP contribution in [0.2, 0.25) is 0 Å². The normalized spacial score (nSPS) is 13.8. The van der Waals surface area contributed by atoms with Crippen LogP contribution in [0.5, 0.6) is 0 Å². The third-order valence-corrected chi connectivity index (χ3v) is 4.90. The van der Waals surface area contributed by atoms with E-state index >= 15 is 0 Å². The molecule has 1 fully saturated rings. The highest BCUT2D eigenvalue weighted by atomic mass is 19.1. The first kappa shape index (κ1) is 19.9. The topological polar surface area (TPSA) is 61.4 Å². The minimum atomic E-state index is -0.318. The van der Waals surface area contributed by atoms with Gasteiger partial charge in [-0.3, -0.25) is 9.59 Å². The van der Waals surface area contributed by atoms with Crippen LogP contribution in [0.1, 0.15) is 31.2 Å². The molecular weight excluding hydrogens is 357 g/mol. The lowest BCUT2D eigenvalue weighted by atomic mass is 10.1. The molecule has 0 atom stereocenters. The molecule has 3 rings (SSSR count). The van der Waals surface area contributed by atoms with E-state index in [0.29, 0.717) is 17.7 Å². The van der Waals surface area contributed by atoms with Crippen molar-refractivity contribution in [1.82, 2.24) is 5.32 Å². The Bertz CT molecular complexity index is 802. The lowest BCUT2D eigenvalue weighted by Crippen LogP contribution is -2.33. The quantitative estimate of drug-likeness (QED) is 0.769. The molecule has 2 N–H and O–H groups in total. The SMILES string of the molecule is O=C(CCc1ccccc1F)NCC(=O)Nc1ccc(N2CCCCC2)cc1. The van der Waals surface area contributed by atoms with Gasteiger partial charge in [0.1, 0.15) is 5.82 Å². The highest BCUT2D eigenvalue weighted by molar-refractivity contribution is 5.94. The van der Waals surface area contributed by atoms with E-state index in [1.54, 1.807) is 18.2 Å². The molecule has 0 aliphatic carbocycles. The third kappa shape index (κ3) is 5.81. The maximum absolute atomic E-state index is 13.5. The fourth-order valence-electron chi connectivity index (χ4n) is 3.33. The lowest BCUT2D eigenvalue weighted by molar-refractivity contribution is -0.124. The van der Waals surface area contributed by atoms with Crippen LogP contribution in [-0.4, -0.2) is 31.4 Å². The highest BCUT2D eigenvalue weighted by Crippen LogP contribution is 2.21. The van der Waals surface area contributed by atoms with Gasteiger partial charge in [-0.2, -0.15) is 0 Å². The van der Waals surface area contributed by atoms with E-state index in [2.05, 4.69) is 15.5 Å². The van der Waals surface area contributed by atoms with Gasteiger partial charge in [0.05, 0.1) is 6.54 Å². The van der Waals surface area contributed by atoms with Crippen LogP contribution < -0.4 is 15.5 Å². The number of amides is 2. The smallest absolute Gasteiger partial charge is 0.243 e. The molecule has 1 aliphatic heterocycles. The number of rotatable bonds is 7. The number of aryl methyl sites for hydroxylation is 1. The van der Waals surface area contributed by atoms with Gasteiger partial charge in [0.2, 0.25) is 11.8 Å². The molecule has 0 unspecified atom stereocenters. The predicted octanol–water partition coefficient (Wildman–Crippen LogP) is 3.50. The van der Waals surface area contributed by atoms with E-state index in [9.17, 15) is 14.0 Å². The summed E-state index contributed by atoms with van der Waals surface area (Å²) >= 11 is 0. The van der Waals surface area contributed by atoms with Crippen LogP contribution in [-0.2, 0) is 16.0 Å². The van der Waals surface area contributed by atoms with E-state index in [1.165, 1.54) is 31.0 Å². The van der Waals surface area contributed by atoms with Crippen molar-refractivity contribution in [2.75, 3.05) is 29.9 Å². The Morgan fingerprint density at radius 1 is 0.929 bits per heavy atom. The summed E-state index contributed by atoms with van der Waals surface area (Å²) in [5.41, 5.74) is 2.36. The zero-order chi connectivity index (χ0) is 19.8. The summed E-state index contributed by atoms with van der Waals surface area (Å²) in [6.07, 6.45) is 4.16. The summed E-state index contributed by atoms with van der Waals surface area (Å²) in [6, 6.07) is 14.1. The van der Waals surface area contributed by atoms with Gasteiger partial charge in [-0.15, -0.1) is 0 Å². The molecule has 1 aliphatic rings. The Morgan fingerprint density at radius 3 is 2.36 bits per heavy atom. The molecule has 0 aromatic heterocycles. The number of hydrogen-bond acceptors (Lipinski definition) is 3.